The summed E-state index contributed by atoms with van der Waals surface area (Å²) >= 11 is 12.5. The molecule has 2 nitrogen and oxygen atoms in total. The quantitative estimate of drug-likeness (QED) is 0.757. The fraction of sp³-hybridized carbons (Fsp3) is 0.400. The molecular weight excluding hydrogens is 281 g/mol. The second-order valence-corrected chi connectivity index (χ2v) is 9.58. The molecule has 0 spiro atoms. The van der Waals surface area contributed by atoms with E-state index in [0.717, 1.165) is 26.1 Å². The highest BCUT2D eigenvalue weighted by Crippen LogP contribution is 2.64. The van der Waals surface area contributed by atoms with Gasteiger partial charge in [-0.25, -0.2) is 4.67 Å². The van der Waals surface area contributed by atoms with Crippen LogP contribution >= 0.6 is 37.6 Å². The molecule has 0 N–H and O–H groups in total. The van der Waals surface area contributed by atoms with E-state index in [1.165, 1.54) is 10.9 Å². The monoisotopic (exact) mass is 294 g/mol. The van der Waals surface area contributed by atoms with Crippen LogP contribution in [0.1, 0.15) is 12.0 Å². The van der Waals surface area contributed by atoms with Crippen LogP contribution in [0.5, 0.6) is 0 Å². The predicted octanol–water partition coefficient (Wildman–Crippen LogP) is 3.82. The molecule has 88 valence electrons. The summed E-state index contributed by atoms with van der Waals surface area (Å²) in [6.45, 7) is 2.52. The molecule has 1 heterocycles. The van der Waals surface area contributed by atoms with Gasteiger partial charge in [0, 0.05) is 19.6 Å². The Bertz CT molecular complexity index is 413. The summed E-state index contributed by atoms with van der Waals surface area (Å²) in [4.78, 5) is 0. The minimum absolute atomic E-state index is 0.787. The maximum atomic E-state index is 6.25. The molecule has 16 heavy (non-hydrogen) atoms. The van der Waals surface area contributed by atoms with Crippen LogP contribution in [0.15, 0.2) is 29.0 Å². The Morgan fingerprint density at radius 2 is 2.00 bits per heavy atom. The SMILES string of the molecule is Pc1ccc(CN2CCCN=P2(Cl)Cl)cc1. The lowest BCUT2D eigenvalue weighted by Crippen LogP contribution is -2.21. The molecular formula is C10H14Cl2N2P2. The van der Waals surface area contributed by atoms with Gasteiger partial charge in [0.15, 0.2) is 0 Å². The van der Waals surface area contributed by atoms with E-state index in [1.54, 1.807) is 0 Å². The fourth-order valence-electron chi connectivity index (χ4n) is 1.65. The van der Waals surface area contributed by atoms with Crippen LogP contribution in [-0.4, -0.2) is 17.8 Å². The summed E-state index contributed by atoms with van der Waals surface area (Å²) in [6, 6.07) is 8.35. The average Bonchev–Trinajstić information content (AvgIpc) is 2.24. The first-order valence-electron chi connectivity index (χ1n) is 5.15. The topological polar surface area (TPSA) is 15.6 Å². The normalized spacial score (nSPS) is 20.4. The van der Waals surface area contributed by atoms with Crippen molar-refractivity contribution in [1.29, 1.82) is 0 Å². The second kappa shape index (κ2) is 5.38. The van der Waals surface area contributed by atoms with Crippen molar-refractivity contribution in [2.45, 2.75) is 13.0 Å². The molecule has 0 saturated carbocycles. The van der Waals surface area contributed by atoms with Gasteiger partial charge >= 0.3 is 0 Å². The molecule has 2 rings (SSSR count). The summed E-state index contributed by atoms with van der Waals surface area (Å²) in [6.07, 6.45) is 1.04. The number of nitrogens with zero attached hydrogens (tertiary/aromatic N) is 2. The van der Waals surface area contributed by atoms with Gasteiger partial charge in [-0.3, -0.25) is 4.74 Å². The van der Waals surface area contributed by atoms with Crippen molar-refractivity contribution >= 4 is 42.9 Å². The van der Waals surface area contributed by atoms with Crippen molar-refractivity contribution in [2.24, 2.45) is 4.74 Å². The van der Waals surface area contributed by atoms with E-state index in [2.05, 4.69) is 42.9 Å². The molecule has 0 saturated heterocycles. The standard InChI is InChI=1S/C10H14Cl2N2P2/c11-16(12)13-6-1-7-14(16)8-9-2-4-10(15)5-3-9/h2-5H,1,6-8,15H2. The van der Waals surface area contributed by atoms with Gasteiger partial charge in [-0.1, -0.05) is 24.3 Å². The third-order valence-corrected chi connectivity index (χ3v) is 6.40. The number of halogens is 2. The maximum Gasteiger partial charge on any atom is 0.205 e. The van der Waals surface area contributed by atoms with Gasteiger partial charge in [-0.15, -0.1) is 9.24 Å². The van der Waals surface area contributed by atoms with Crippen molar-refractivity contribution in [3.63, 3.8) is 0 Å². The van der Waals surface area contributed by atoms with Crippen molar-refractivity contribution in [3.8, 4) is 0 Å². The van der Waals surface area contributed by atoms with Gasteiger partial charge in [-0.05, 0) is 39.8 Å². The molecule has 0 aliphatic carbocycles. The molecule has 0 fully saturated rings. The summed E-state index contributed by atoms with van der Waals surface area (Å²) < 4.78 is 6.42. The van der Waals surface area contributed by atoms with E-state index in [4.69, 9.17) is 22.5 Å². The lowest BCUT2D eigenvalue weighted by molar-refractivity contribution is 0.435. The van der Waals surface area contributed by atoms with Gasteiger partial charge in [0.05, 0.1) is 0 Å². The van der Waals surface area contributed by atoms with Gasteiger partial charge in [0.1, 0.15) is 0 Å². The van der Waals surface area contributed by atoms with Crippen LogP contribution in [0.25, 0.3) is 0 Å². The van der Waals surface area contributed by atoms with Crippen molar-refractivity contribution in [1.82, 2.24) is 4.67 Å². The number of rotatable bonds is 2. The molecule has 0 amide bonds. The molecule has 1 aliphatic rings. The minimum Gasteiger partial charge on any atom is -0.261 e. The first kappa shape index (κ1) is 12.9. The fourth-order valence-corrected chi connectivity index (χ4v) is 4.35. The molecule has 1 aromatic rings. The van der Waals surface area contributed by atoms with Crippen LogP contribution in [0, 0.1) is 0 Å². The minimum atomic E-state index is -2.23. The van der Waals surface area contributed by atoms with Crippen molar-refractivity contribution in [2.75, 3.05) is 13.1 Å². The largest absolute Gasteiger partial charge is 0.261 e. The molecule has 1 unspecified atom stereocenters. The molecule has 0 aromatic heterocycles. The Balaban J connectivity index is 2.12. The van der Waals surface area contributed by atoms with E-state index in [9.17, 15) is 0 Å². The highest BCUT2D eigenvalue weighted by atomic mass is 35.9. The Labute approximate surface area is 108 Å². The van der Waals surface area contributed by atoms with Gasteiger partial charge < -0.3 is 0 Å². The number of hydrogen-bond acceptors (Lipinski definition) is 2. The third-order valence-electron chi connectivity index (χ3n) is 2.53. The Morgan fingerprint density at radius 3 is 2.62 bits per heavy atom. The lowest BCUT2D eigenvalue weighted by atomic mass is 10.2. The van der Waals surface area contributed by atoms with Crippen LogP contribution in [-0.2, 0) is 6.54 Å². The van der Waals surface area contributed by atoms with Crippen LogP contribution in [0.2, 0.25) is 0 Å². The van der Waals surface area contributed by atoms with E-state index in [1.807, 2.05) is 0 Å². The molecule has 1 atom stereocenters. The van der Waals surface area contributed by atoms with Crippen molar-refractivity contribution in [3.05, 3.63) is 29.8 Å². The molecule has 0 radical (unpaired) electrons. The smallest absolute Gasteiger partial charge is 0.205 e. The highest BCUT2D eigenvalue weighted by molar-refractivity contribution is 8.08. The van der Waals surface area contributed by atoms with Crippen molar-refractivity contribution < 1.29 is 0 Å². The third kappa shape index (κ3) is 3.22. The maximum absolute atomic E-state index is 6.25. The zero-order valence-electron chi connectivity index (χ0n) is 8.81. The summed E-state index contributed by atoms with van der Waals surface area (Å²) in [5.74, 6) is -2.23. The van der Waals surface area contributed by atoms with Gasteiger partial charge in [0.25, 0.3) is 0 Å². The molecule has 0 bridgehead atoms. The summed E-state index contributed by atoms with van der Waals surface area (Å²) in [7, 11) is 2.68. The summed E-state index contributed by atoms with van der Waals surface area (Å²) in [5.41, 5.74) is 1.23. The molecule has 6 heteroatoms. The van der Waals surface area contributed by atoms with Gasteiger partial charge in [-0.2, -0.15) is 0 Å². The van der Waals surface area contributed by atoms with E-state index in [0.29, 0.717) is 0 Å². The summed E-state index contributed by atoms with van der Waals surface area (Å²) in [5, 5.41) is 1.19. The zero-order valence-corrected chi connectivity index (χ0v) is 12.4. The second-order valence-electron chi connectivity index (χ2n) is 3.80. The van der Waals surface area contributed by atoms with Crippen LogP contribution < -0.4 is 5.30 Å². The first-order valence-corrected chi connectivity index (χ1v) is 9.23. The first-order chi connectivity index (χ1) is 7.58. The Morgan fingerprint density at radius 1 is 1.31 bits per heavy atom. The number of benzene rings is 1. The molecule has 1 aromatic carbocycles. The molecule has 1 aliphatic heterocycles. The van der Waals surface area contributed by atoms with Crippen LogP contribution in [0.3, 0.4) is 0 Å². The highest BCUT2D eigenvalue weighted by Gasteiger charge is 2.25. The predicted molar refractivity (Wildman–Crippen MR) is 76.7 cm³/mol. The Hall–Kier alpha value is 0.420. The van der Waals surface area contributed by atoms with Crippen LogP contribution in [0.4, 0.5) is 0 Å². The van der Waals surface area contributed by atoms with E-state index < -0.39 is 5.91 Å². The number of hydrogen-bond donors (Lipinski definition) is 0. The average molecular weight is 295 g/mol. The van der Waals surface area contributed by atoms with Gasteiger partial charge in [0.2, 0.25) is 5.91 Å². The van der Waals surface area contributed by atoms with E-state index in [-0.39, 0.29) is 0 Å². The zero-order chi connectivity index (χ0) is 11.6. The lowest BCUT2D eigenvalue weighted by Gasteiger charge is -2.30. The Kier molecular flexibility index (Phi) is 4.32. The van der Waals surface area contributed by atoms with E-state index >= 15 is 0 Å².